The summed E-state index contributed by atoms with van der Waals surface area (Å²) >= 11 is 0. The maximum absolute atomic E-state index is 12.3. The van der Waals surface area contributed by atoms with E-state index in [0.29, 0.717) is 29.8 Å². The van der Waals surface area contributed by atoms with Gasteiger partial charge < -0.3 is 14.5 Å². The fourth-order valence-electron chi connectivity index (χ4n) is 3.35. The molecule has 3 rings (SSSR count). The molecular formula is C22H28N2O4. The number of amides is 1. The molecule has 0 radical (unpaired) electrons. The number of Topliss-reactive ketones (excluding diaryl/α,β-unsaturated/α-hetero) is 1. The molecule has 0 aliphatic carbocycles. The van der Waals surface area contributed by atoms with Crippen LogP contribution in [0.25, 0.3) is 11.5 Å². The van der Waals surface area contributed by atoms with Crippen molar-refractivity contribution in [2.75, 3.05) is 19.8 Å². The summed E-state index contributed by atoms with van der Waals surface area (Å²) in [6.45, 7) is 6.03. The highest BCUT2D eigenvalue weighted by Gasteiger charge is 2.18. The normalized spacial score (nSPS) is 14.8. The van der Waals surface area contributed by atoms with Crippen LogP contribution in [0.1, 0.15) is 42.7 Å². The number of nitrogens with one attached hydrogen (secondary N) is 1. The molecule has 6 heteroatoms. The maximum atomic E-state index is 12.3. The first-order valence-electron chi connectivity index (χ1n) is 9.90. The van der Waals surface area contributed by atoms with Gasteiger partial charge in [0.15, 0.2) is 0 Å². The van der Waals surface area contributed by atoms with E-state index in [0.717, 1.165) is 43.6 Å². The molecule has 1 amide bonds. The summed E-state index contributed by atoms with van der Waals surface area (Å²) in [5.74, 6) is 1.33. The second kappa shape index (κ2) is 9.64. The molecule has 6 nitrogen and oxygen atoms in total. The third kappa shape index (κ3) is 5.76. The van der Waals surface area contributed by atoms with E-state index in [1.807, 2.05) is 31.2 Å². The first-order valence-corrected chi connectivity index (χ1v) is 9.90. The fourth-order valence-corrected chi connectivity index (χ4v) is 3.35. The average Bonchev–Trinajstić information content (AvgIpc) is 3.03. The fraction of sp³-hybridized carbons (Fsp3) is 0.500. The van der Waals surface area contributed by atoms with Crippen molar-refractivity contribution in [2.24, 2.45) is 5.92 Å². The highest BCUT2D eigenvalue weighted by molar-refractivity contribution is 5.98. The summed E-state index contributed by atoms with van der Waals surface area (Å²) < 4.78 is 11.0. The Labute approximate surface area is 165 Å². The van der Waals surface area contributed by atoms with Crippen molar-refractivity contribution >= 4 is 11.7 Å². The number of carbonyl (C=O) groups excluding carboxylic acids is 2. The van der Waals surface area contributed by atoms with E-state index in [1.165, 1.54) is 0 Å². The molecule has 1 aromatic heterocycles. The van der Waals surface area contributed by atoms with Crippen LogP contribution >= 0.6 is 0 Å². The van der Waals surface area contributed by atoms with E-state index in [1.54, 1.807) is 6.92 Å². The second-order valence-electron chi connectivity index (χ2n) is 7.47. The van der Waals surface area contributed by atoms with E-state index in [9.17, 15) is 9.59 Å². The quantitative estimate of drug-likeness (QED) is 0.706. The predicted molar refractivity (Wildman–Crippen MR) is 106 cm³/mol. The minimum atomic E-state index is -0.225. The molecule has 1 fully saturated rings. The monoisotopic (exact) mass is 384 g/mol. The highest BCUT2D eigenvalue weighted by Crippen LogP contribution is 2.22. The van der Waals surface area contributed by atoms with Crippen LogP contribution in [-0.2, 0) is 20.7 Å². The van der Waals surface area contributed by atoms with Crippen LogP contribution in [0.5, 0.6) is 0 Å². The van der Waals surface area contributed by atoms with Gasteiger partial charge in [0.1, 0.15) is 11.5 Å². The number of ether oxygens (including phenoxy) is 1. The summed E-state index contributed by atoms with van der Waals surface area (Å²) in [4.78, 5) is 28.7. The number of aromatic nitrogens is 1. The smallest absolute Gasteiger partial charge is 0.227 e. The zero-order chi connectivity index (χ0) is 19.9. The van der Waals surface area contributed by atoms with Crippen LogP contribution in [0.15, 0.2) is 28.7 Å². The topological polar surface area (TPSA) is 81.4 Å². The van der Waals surface area contributed by atoms with Gasteiger partial charge in [-0.15, -0.1) is 0 Å². The van der Waals surface area contributed by atoms with E-state index < -0.39 is 0 Å². The van der Waals surface area contributed by atoms with Crippen molar-refractivity contribution in [3.8, 4) is 11.5 Å². The Hall–Kier alpha value is -2.47. The van der Waals surface area contributed by atoms with Crippen LogP contribution in [0.2, 0.25) is 0 Å². The Bertz CT molecular complexity index is 804. The standard InChI is InChI=1S/C22H28N2O4/c1-15-3-5-18(6-4-15)22-24-20(16(2)28-22)13-19(25)14-21(26)23-10-7-17-8-11-27-12-9-17/h3-6,17H,7-14H2,1-2H3,(H,23,26). The average molecular weight is 384 g/mol. The lowest BCUT2D eigenvalue weighted by Gasteiger charge is -2.21. The lowest BCUT2D eigenvalue weighted by Crippen LogP contribution is -2.29. The lowest BCUT2D eigenvalue weighted by atomic mass is 9.97. The third-order valence-corrected chi connectivity index (χ3v) is 5.13. The van der Waals surface area contributed by atoms with Gasteiger partial charge in [-0.1, -0.05) is 17.7 Å². The Morgan fingerprint density at radius 3 is 2.57 bits per heavy atom. The van der Waals surface area contributed by atoms with Crippen molar-refractivity contribution in [1.29, 1.82) is 0 Å². The molecule has 1 aliphatic rings. The van der Waals surface area contributed by atoms with Crippen LogP contribution in [0.3, 0.4) is 0 Å². The van der Waals surface area contributed by atoms with Crippen LogP contribution < -0.4 is 5.32 Å². The number of aryl methyl sites for hydroxylation is 2. The first kappa shape index (κ1) is 20.3. The molecular weight excluding hydrogens is 356 g/mol. The Morgan fingerprint density at radius 1 is 1.14 bits per heavy atom. The number of benzene rings is 1. The van der Waals surface area contributed by atoms with Gasteiger partial charge in [0.25, 0.3) is 0 Å². The summed E-state index contributed by atoms with van der Waals surface area (Å²) in [6.07, 6.45) is 3.01. The molecule has 150 valence electrons. The van der Waals surface area contributed by atoms with Gasteiger partial charge in [-0.2, -0.15) is 0 Å². The molecule has 0 atom stereocenters. The molecule has 0 saturated carbocycles. The van der Waals surface area contributed by atoms with Gasteiger partial charge in [0.2, 0.25) is 11.8 Å². The lowest BCUT2D eigenvalue weighted by molar-refractivity contribution is -0.127. The molecule has 1 saturated heterocycles. The minimum absolute atomic E-state index is 0.106. The number of ketones is 1. The molecule has 2 aromatic rings. The molecule has 0 spiro atoms. The Kier molecular flexibility index (Phi) is 6.98. The number of nitrogens with zero attached hydrogens (tertiary/aromatic N) is 1. The largest absolute Gasteiger partial charge is 0.441 e. The van der Waals surface area contributed by atoms with Crippen molar-refractivity contribution < 1.29 is 18.7 Å². The van der Waals surface area contributed by atoms with Crippen LogP contribution in [0, 0.1) is 19.8 Å². The molecule has 0 unspecified atom stereocenters. The van der Waals surface area contributed by atoms with Gasteiger partial charge in [-0.05, 0) is 51.2 Å². The van der Waals surface area contributed by atoms with E-state index in [2.05, 4.69) is 10.3 Å². The zero-order valence-electron chi connectivity index (χ0n) is 16.6. The van der Waals surface area contributed by atoms with Crippen LogP contribution in [-0.4, -0.2) is 36.4 Å². The summed E-state index contributed by atoms with van der Waals surface area (Å²) in [5, 5.41) is 2.85. The van der Waals surface area contributed by atoms with Crippen molar-refractivity contribution in [2.45, 2.75) is 46.0 Å². The van der Waals surface area contributed by atoms with Gasteiger partial charge >= 0.3 is 0 Å². The van der Waals surface area contributed by atoms with Crippen molar-refractivity contribution in [3.63, 3.8) is 0 Å². The number of oxazole rings is 1. The third-order valence-electron chi connectivity index (χ3n) is 5.13. The Balaban J connectivity index is 1.46. The summed E-state index contributed by atoms with van der Waals surface area (Å²) in [7, 11) is 0. The molecule has 2 heterocycles. The predicted octanol–water partition coefficient (Wildman–Crippen LogP) is 3.39. The van der Waals surface area contributed by atoms with Gasteiger partial charge in [0.05, 0.1) is 18.5 Å². The number of hydrogen-bond acceptors (Lipinski definition) is 5. The maximum Gasteiger partial charge on any atom is 0.227 e. The summed E-state index contributed by atoms with van der Waals surface area (Å²) in [6, 6.07) is 7.87. The molecule has 28 heavy (non-hydrogen) atoms. The van der Waals surface area contributed by atoms with Crippen molar-refractivity contribution in [3.05, 3.63) is 41.3 Å². The van der Waals surface area contributed by atoms with E-state index in [4.69, 9.17) is 9.15 Å². The van der Waals surface area contributed by atoms with Crippen LogP contribution in [0.4, 0.5) is 0 Å². The van der Waals surface area contributed by atoms with E-state index >= 15 is 0 Å². The van der Waals surface area contributed by atoms with Crippen molar-refractivity contribution in [1.82, 2.24) is 10.3 Å². The number of rotatable bonds is 8. The molecule has 1 N–H and O–H groups in total. The SMILES string of the molecule is Cc1ccc(-c2nc(CC(=O)CC(=O)NCCC3CCOCC3)c(C)o2)cc1. The van der Waals surface area contributed by atoms with E-state index in [-0.39, 0.29) is 24.5 Å². The molecule has 1 aliphatic heterocycles. The Morgan fingerprint density at radius 2 is 1.86 bits per heavy atom. The number of carbonyl (C=O) groups is 2. The van der Waals surface area contributed by atoms with Gasteiger partial charge in [-0.25, -0.2) is 4.98 Å². The van der Waals surface area contributed by atoms with Gasteiger partial charge in [-0.3, -0.25) is 9.59 Å². The minimum Gasteiger partial charge on any atom is -0.441 e. The summed E-state index contributed by atoms with van der Waals surface area (Å²) in [5.41, 5.74) is 2.62. The van der Waals surface area contributed by atoms with Gasteiger partial charge in [0, 0.05) is 25.3 Å². The highest BCUT2D eigenvalue weighted by atomic mass is 16.5. The first-order chi connectivity index (χ1) is 13.5. The number of hydrogen-bond donors (Lipinski definition) is 1. The second-order valence-corrected chi connectivity index (χ2v) is 7.47. The molecule has 1 aromatic carbocycles. The molecule has 0 bridgehead atoms. The zero-order valence-corrected chi connectivity index (χ0v) is 16.6.